The first-order valence-electron chi connectivity index (χ1n) is 7.55. The van der Waals surface area contributed by atoms with Gasteiger partial charge in [-0.2, -0.15) is 0 Å². The Balaban J connectivity index is 1.77. The number of likely N-dealkylation sites (tertiary alicyclic amines) is 1. The maximum absolute atomic E-state index is 12.4. The minimum atomic E-state index is -0.121. The first kappa shape index (κ1) is 14.8. The number of hydrogen-bond donors (Lipinski definition) is 1. The summed E-state index contributed by atoms with van der Waals surface area (Å²) in [7, 11) is 2.14. The van der Waals surface area contributed by atoms with E-state index in [0.717, 1.165) is 30.2 Å². The molecule has 2 saturated heterocycles. The van der Waals surface area contributed by atoms with Gasteiger partial charge in [0.05, 0.1) is 6.04 Å². The molecule has 21 heavy (non-hydrogen) atoms. The number of hydrogen-bond acceptors (Lipinski definition) is 3. The van der Waals surface area contributed by atoms with Gasteiger partial charge in [-0.3, -0.25) is 10.1 Å². The van der Waals surface area contributed by atoms with Gasteiger partial charge in [-0.15, -0.1) is 0 Å². The van der Waals surface area contributed by atoms with E-state index >= 15 is 0 Å². The summed E-state index contributed by atoms with van der Waals surface area (Å²) in [6, 6.07) is 7.64. The third-order valence-corrected chi connectivity index (χ3v) is 4.75. The van der Waals surface area contributed by atoms with Gasteiger partial charge in [-0.05, 0) is 50.6 Å². The lowest BCUT2D eigenvalue weighted by Crippen LogP contribution is -2.35. The summed E-state index contributed by atoms with van der Waals surface area (Å²) in [5, 5.41) is 4.12. The van der Waals surface area contributed by atoms with Crippen LogP contribution < -0.4 is 5.32 Å². The van der Waals surface area contributed by atoms with E-state index < -0.39 is 0 Å². The summed E-state index contributed by atoms with van der Waals surface area (Å²) < 4.78 is 0. The third-order valence-electron chi connectivity index (χ3n) is 4.50. The number of carbonyl (C=O) groups excluding carboxylic acids is 1. The zero-order valence-electron chi connectivity index (χ0n) is 12.6. The van der Waals surface area contributed by atoms with Crippen LogP contribution >= 0.6 is 11.6 Å². The van der Waals surface area contributed by atoms with Gasteiger partial charge in [-0.1, -0.05) is 23.7 Å². The van der Waals surface area contributed by atoms with Gasteiger partial charge in [0.2, 0.25) is 5.91 Å². The molecular formula is C16H22ClN3O. The summed E-state index contributed by atoms with van der Waals surface area (Å²) in [5.41, 5.74) is 1.10. The molecule has 1 amide bonds. The molecule has 0 spiro atoms. The van der Waals surface area contributed by atoms with E-state index in [1.165, 1.54) is 6.42 Å². The Bertz CT molecular complexity index is 519. The molecule has 3 unspecified atom stereocenters. The third kappa shape index (κ3) is 3.07. The number of benzene rings is 1. The molecule has 0 radical (unpaired) electrons. The van der Waals surface area contributed by atoms with E-state index in [2.05, 4.69) is 17.3 Å². The van der Waals surface area contributed by atoms with Crippen molar-refractivity contribution in [3.63, 3.8) is 0 Å². The first-order valence-corrected chi connectivity index (χ1v) is 7.93. The van der Waals surface area contributed by atoms with Gasteiger partial charge >= 0.3 is 0 Å². The number of halogens is 1. The summed E-state index contributed by atoms with van der Waals surface area (Å²) in [5.74, 6) is 0.769. The number of carbonyl (C=O) groups is 1. The zero-order chi connectivity index (χ0) is 15.0. The fourth-order valence-corrected chi connectivity index (χ4v) is 3.47. The van der Waals surface area contributed by atoms with Crippen LogP contribution in [0.1, 0.15) is 25.1 Å². The van der Waals surface area contributed by atoms with Crippen molar-refractivity contribution in [1.29, 1.82) is 0 Å². The first-order chi connectivity index (χ1) is 10.0. The maximum atomic E-state index is 12.4. The topological polar surface area (TPSA) is 35.6 Å². The maximum Gasteiger partial charge on any atom is 0.241 e. The van der Waals surface area contributed by atoms with Gasteiger partial charge in [0.1, 0.15) is 6.17 Å². The second kappa shape index (κ2) is 5.95. The summed E-state index contributed by atoms with van der Waals surface area (Å²) in [6.07, 6.45) is 1.14. The fraction of sp³-hybridized carbons (Fsp3) is 0.562. The highest BCUT2D eigenvalue weighted by Crippen LogP contribution is 2.29. The Morgan fingerprint density at radius 2 is 2.05 bits per heavy atom. The smallest absolute Gasteiger partial charge is 0.241 e. The van der Waals surface area contributed by atoms with Crippen LogP contribution in [-0.2, 0) is 4.79 Å². The van der Waals surface area contributed by atoms with Crippen LogP contribution in [0.5, 0.6) is 0 Å². The van der Waals surface area contributed by atoms with Crippen molar-refractivity contribution in [2.75, 3.05) is 26.7 Å². The summed E-state index contributed by atoms with van der Waals surface area (Å²) >= 11 is 5.96. The Morgan fingerprint density at radius 1 is 1.33 bits per heavy atom. The molecule has 0 aromatic heterocycles. The van der Waals surface area contributed by atoms with E-state index in [0.29, 0.717) is 5.92 Å². The number of amides is 1. The van der Waals surface area contributed by atoms with Crippen LogP contribution in [0.2, 0.25) is 5.02 Å². The van der Waals surface area contributed by atoms with Gasteiger partial charge in [0.25, 0.3) is 0 Å². The Hall–Kier alpha value is -1.10. The van der Waals surface area contributed by atoms with Gasteiger partial charge in [0, 0.05) is 18.1 Å². The van der Waals surface area contributed by atoms with Gasteiger partial charge in [0.15, 0.2) is 0 Å². The second-order valence-electron chi connectivity index (χ2n) is 6.25. The minimum Gasteiger partial charge on any atom is -0.321 e. The lowest BCUT2D eigenvalue weighted by atomic mass is 10.1. The predicted octanol–water partition coefficient (Wildman–Crippen LogP) is 2.11. The largest absolute Gasteiger partial charge is 0.321 e. The van der Waals surface area contributed by atoms with Gasteiger partial charge < -0.3 is 9.80 Å². The summed E-state index contributed by atoms with van der Waals surface area (Å²) in [6.45, 7) is 4.96. The van der Waals surface area contributed by atoms with Crippen molar-refractivity contribution in [2.45, 2.75) is 25.6 Å². The predicted molar refractivity (Wildman–Crippen MR) is 84.1 cm³/mol. The van der Waals surface area contributed by atoms with Crippen LogP contribution in [0, 0.1) is 5.92 Å². The van der Waals surface area contributed by atoms with Crippen LogP contribution in [-0.4, -0.2) is 48.4 Å². The van der Waals surface area contributed by atoms with E-state index in [-0.39, 0.29) is 18.1 Å². The average Bonchev–Trinajstić information content (AvgIpc) is 2.99. The van der Waals surface area contributed by atoms with E-state index in [1.54, 1.807) is 0 Å². The molecular weight excluding hydrogens is 286 g/mol. The SMILES string of the molecule is CC1NC(c2ccc(Cl)cc2)N(CC2CCN(C)C2)C1=O. The molecule has 3 atom stereocenters. The highest BCUT2D eigenvalue weighted by molar-refractivity contribution is 6.30. The number of nitrogens with one attached hydrogen (secondary N) is 1. The minimum absolute atomic E-state index is 0.0318. The number of rotatable bonds is 3. The molecule has 1 aromatic carbocycles. The van der Waals surface area contributed by atoms with Crippen LogP contribution in [0.4, 0.5) is 0 Å². The Morgan fingerprint density at radius 3 is 2.67 bits per heavy atom. The molecule has 1 aromatic rings. The highest BCUT2D eigenvalue weighted by Gasteiger charge is 2.38. The van der Waals surface area contributed by atoms with Crippen molar-refractivity contribution < 1.29 is 4.79 Å². The van der Waals surface area contributed by atoms with E-state index in [9.17, 15) is 4.79 Å². The van der Waals surface area contributed by atoms with E-state index in [1.807, 2.05) is 36.1 Å². The molecule has 4 nitrogen and oxygen atoms in total. The molecule has 3 rings (SSSR count). The molecule has 0 bridgehead atoms. The van der Waals surface area contributed by atoms with E-state index in [4.69, 9.17) is 11.6 Å². The summed E-state index contributed by atoms with van der Waals surface area (Å²) in [4.78, 5) is 16.8. The highest BCUT2D eigenvalue weighted by atomic mass is 35.5. The molecule has 0 aliphatic carbocycles. The molecule has 1 N–H and O–H groups in total. The van der Waals surface area contributed by atoms with Crippen molar-refractivity contribution in [1.82, 2.24) is 15.1 Å². The standard InChI is InChI=1S/C16H22ClN3O/c1-11-16(21)20(10-12-7-8-19(2)9-12)15(18-11)13-3-5-14(17)6-4-13/h3-6,11-12,15,18H,7-10H2,1-2H3. The van der Waals surface area contributed by atoms with Crippen molar-refractivity contribution in [3.8, 4) is 0 Å². The average molecular weight is 308 g/mol. The van der Waals surface area contributed by atoms with Crippen LogP contribution in [0.25, 0.3) is 0 Å². The quantitative estimate of drug-likeness (QED) is 0.929. The Labute approximate surface area is 131 Å². The normalized spacial score (nSPS) is 30.3. The molecule has 0 saturated carbocycles. The van der Waals surface area contributed by atoms with Gasteiger partial charge in [-0.25, -0.2) is 0 Å². The second-order valence-corrected chi connectivity index (χ2v) is 6.69. The lowest BCUT2D eigenvalue weighted by Gasteiger charge is -2.27. The molecule has 114 valence electrons. The van der Waals surface area contributed by atoms with Crippen molar-refractivity contribution in [2.24, 2.45) is 5.92 Å². The Kier molecular flexibility index (Phi) is 4.20. The molecule has 2 aliphatic rings. The zero-order valence-corrected chi connectivity index (χ0v) is 13.3. The van der Waals surface area contributed by atoms with Crippen LogP contribution in [0.3, 0.4) is 0 Å². The van der Waals surface area contributed by atoms with Crippen LogP contribution in [0.15, 0.2) is 24.3 Å². The van der Waals surface area contributed by atoms with Crippen molar-refractivity contribution in [3.05, 3.63) is 34.9 Å². The molecule has 5 heteroatoms. The fourth-order valence-electron chi connectivity index (χ4n) is 3.34. The number of nitrogens with zero attached hydrogens (tertiary/aromatic N) is 2. The molecule has 2 fully saturated rings. The molecule has 2 heterocycles. The molecule has 2 aliphatic heterocycles. The monoisotopic (exact) mass is 307 g/mol. The van der Waals surface area contributed by atoms with Crippen molar-refractivity contribution >= 4 is 17.5 Å². The lowest BCUT2D eigenvalue weighted by molar-refractivity contribution is -0.130.